The number of fused-ring (bicyclic) bond motifs is 3. The molecule has 1 saturated heterocycles. The van der Waals surface area contributed by atoms with Crippen molar-refractivity contribution in [3.05, 3.63) is 71.5 Å². The Bertz CT molecular complexity index is 1270. The van der Waals surface area contributed by atoms with E-state index in [0.717, 1.165) is 6.42 Å². The number of aromatic nitrogens is 1. The van der Waals surface area contributed by atoms with E-state index in [4.69, 9.17) is 4.74 Å². The number of carbonyl (C=O) groups excluding carboxylic acids is 1. The third-order valence-corrected chi connectivity index (χ3v) is 7.74. The maximum Gasteiger partial charge on any atom is 0.272 e. The number of benzene rings is 2. The van der Waals surface area contributed by atoms with Gasteiger partial charge in [0.2, 0.25) is 10.0 Å². The summed E-state index contributed by atoms with van der Waals surface area (Å²) in [6, 6.07) is 15.6. The smallest absolute Gasteiger partial charge is 0.272 e. The fraction of sp³-hybridized carbons (Fsp3) is 0.261. The van der Waals surface area contributed by atoms with Crippen LogP contribution in [0.1, 0.15) is 21.6 Å². The van der Waals surface area contributed by atoms with Crippen molar-refractivity contribution in [2.75, 3.05) is 31.6 Å². The van der Waals surface area contributed by atoms with E-state index >= 15 is 0 Å². The molecular weight excluding hydrogens is 414 g/mol. The molecule has 8 heteroatoms. The first-order chi connectivity index (χ1) is 14.9. The lowest BCUT2D eigenvalue weighted by atomic mass is 10.1. The maximum atomic E-state index is 12.9. The molecule has 0 spiro atoms. The van der Waals surface area contributed by atoms with Crippen LogP contribution in [0.3, 0.4) is 0 Å². The van der Waals surface area contributed by atoms with Gasteiger partial charge in [0.15, 0.2) is 0 Å². The molecule has 0 atom stereocenters. The predicted molar refractivity (Wildman–Crippen MR) is 118 cm³/mol. The van der Waals surface area contributed by atoms with Crippen molar-refractivity contribution >= 4 is 21.6 Å². The Labute approximate surface area is 181 Å². The summed E-state index contributed by atoms with van der Waals surface area (Å²) in [5.41, 5.74) is 5.84. The van der Waals surface area contributed by atoms with Crippen LogP contribution in [0.15, 0.2) is 59.6 Å². The molecule has 0 saturated carbocycles. The van der Waals surface area contributed by atoms with Crippen molar-refractivity contribution in [3.8, 4) is 11.1 Å². The van der Waals surface area contributed by atoms with E-state index in [1.807, 2.05) is 30.3 Å². The molecule has 2 aliphatic rings. The number of rotatable bonds is 4. The van der Waals surface area contributed by atoms with Gasteiger partial charge in [-0.05, 0) is 46.9 Å². The first kappa shape index (κ1) is 20.0. The lowest BCUT2D eigenvalue weighted by Gasteiger charge is -2.25. The van der Waals surface area contributed by atoms with E-state index in [2.05, 4.69) is 17.4 Å². The highest BCUT2D eigenvalue weighted by molar-refractivity contribution is 7.89. The summed E-state index contributed by atoms with van der Waals surface area (Å²) in [5.74, 6) is -0.346. The standard InChI is InChI=1S/C23H23N3O4S/c1-25-15-19(31(28,29)26-8-10-30-11-9-26)14-22(25)23(27)24-18-6-7-21-17(13-18)12-16-4-2-3-5-20(16)21/h2-7,13-15H,8-12H2,1H3,(H,24,27). The molecular formula is C23H23N3O4S. The lowest BCUT2D eigenvalue weighted by Crippen LogP contribution is -2.40. The number of amides is 1. The highest BCUT2D eigenvalue weighted by Crippen LogP contribution is 2.37. The van der Waals surface area contributed by atoms with Gasteiger partial charge in [-0.25, -0.2) is 8.42 Å². The van der Waals surface area contributed by atoms with Crippen molar-refractivity contribution in [1.82, 2.24) is 8.87 Å². The number of anilines is 1. The first-order valence-corrected chi connectivity index (χ1v) is 11.6. The molecule has 7 nitrogen and oxygen atoms in total. The van der Waals surface area contributed by atoms with Gasteiger partial charge in [-0.15, -0.1) is 0 Å². The van der Waals surface area contributed by atoms with E-state index in [-0.39, 0.29) is 16.5 Å². The monoisotopic (exact) mass is 437 g/mol. The number of nitrogens with one attached hydrogen (secondary N) is 1. The average Bonchev–Trinajstić information content (AvgIpc) is 3.35. The zero-order valence-electron chi connectivity index (χ0n) is 17.2. The number of ether oxygens (including phenoxy) is 1. The summed E-state index contributed by atoms with van der Waals surface area (Å²) in [7, 11) is -1.98. The molecule has 160 valence electrons. The van der Waals surface area contributed by atoms with Crippen LogP contribution < -0.4 is 5.32 Å². The largest absolute Gasteiger partial charge is 0.379 e. The van der Waals surface area contributed by atoms with Gasteiger partial charge in [0.25, 0.3) is 5.91 Å². The topological polar surface area (TPSA) is 80.6 Å². The zero-order valence-corrected chi connectivity index (χ0v) is 18.0. The van der Waals surface area contributed by atoms with Crippen LogP contribution in [0.25, 0.3) is 11.1 Å². The Morgan fingerprint density at radius 3 is 2.55 bits per heavy atom. The Morgan fingerprint density at radius 1 is 1.00 bits per heavy atom. The number of hydrogen-bond donors (Lipinski definition) is 1. The fourth-order valence-electron chi connectivity index (χ4n) is 4.26. The molecule has 0 bridgehead atoms. The van der Waals surface area contributed by atoms with Gasteiger partial charge in [0.1, 0.15) is 10.6 Å². The second kappa shape index (κ2) is 7.64. The Kier molecular flexibility index (Phi) is 4.92. The van der Waals surface area contributed by atoms with Gasteiger partial charge in [0, 0.05) is 32.0 Å². The average molecular weight is 438 g/mol. The number of morpholine rings is 1. The maximum absolute atomic E-state index is 12.9. The molecule has 0 radical (unpaired) electrons. The number of carbonyl (C=O) groups is 1. The summed E-state index contributed by atoms with van der Waals surface area (Å²) in [6.45, 7) is 1.38. The highest BCUT2D eigenvalue weighted by Gasteiger charge is 2.29. The molecule has 1 aliphatic heterocycles. The molecule has 1 fully saturated rings. The highest BCUT2D eigenvalue weighted by atomic mass is 32.2. The van der Waals surface area contributed by atoms with Crippen LogP contribution in [0.4, 0.5) is 5.69 Å². The summed E-state index contributed by atoms with van der Waals surface area (Å²) >= 11 is 0. The Hall–Kier alpha value is -2.94. The van der Waals surface area contributed by atoms with E-state index < -0.39 is 10.0 Å². The molecule has 3 aromatic rings. The second-order valence-corrected chi connectivity index (χ2v) is 9.79. The minimum atomic E-state index is -3.66. The van der Waals surface area contributed by atoms with Crippen molar-refractivity contribution < 1.29 is 17.9 Å². The quantitative estimate of drug-likeness (QED) is 0.532. The van der Waals surface area contributed by atoms with Gasteiger partial charge < -0.3 is 14.6 Å². The number of hydrogen-bond acceptors (Lipinski definition) is 4. The van der Waals surface area contributed by atoms with Gasteiger partial charge >= 0.3 is 0 Å². The van der Waals surface area contributed by atoms with Gasteiger partial charge in [-0.3, -0.25) is 4.79 Å². The summed E-state index contributed by atoms with van der Waals surface area (Å²) in [4.78, 5) is 13.0. The van der Waals surface area contributed by atoms with E-state index in [9.17, 15) is 13.2 Å². The van der Waals surface area contributed by atoms with Gasteiger partial charge in [-0.2, -0.15) is 4.31 Å². The van der Waals surface area contributed by atoms with Gasteiger partial charge in [-0.1, -0.05) is 30.3 Å². The van der Waals surface area contributed by atoms with Gasteiger partial charge in [0.05, 0.1) is 13.2 Å². The van der Waals surface area contributed by atoms with Crippen LogP contribution >= 0.6 is 0 Å². The van der Waals surface area contributed by atoms with Crippen LogP contribution in [0.5, 0.6) is 0 Å². The van der Waals surface area contributed by atoms with E-state index in [1.54, 1.807) is 11.6 Å². The number of aryl methyl sites for hydroxylation is 1. The van der Waals surface area contributed by atoms with Crippen molar-refractivity contribution in [3.63, 3.8) is 0 Å². The molecule has 5 rings (SSSR count). The SMILES string of the molecule is Cn1cc(S(=O)(=O)N2CCOCC2)cc1C(=O)Nc1ccc2c(c1)Cc1ccccc1-2. The molecule has 1 aromatic heterocycles. The molecule has 2 aromatic carbocycles. The normalized spacial score (nSPS) is 16.0. The van der Waals surface area contributed by atoms with Crippen LogP contribution in [-0.4, -0.2) is 49.5 Å². The fourth-order valence-corrected chi connectivity index (χ4v) is 5.73. The van der Waals surface area contributed by atoms with Crippen LogP contribution in [0, 0.1) is 0 Å². The number of nitrogens with zero attached hydrogens (tertiary/aromatic N) is 2. The number of sulfonamides is 1. The predicted octanol–water partition coefficient (Wildman–Crippen LogP) is 2.87. The Morgan fingerprint density at radius 2 is 1.74 bits per heavy atom. The minimum Gasteiger partial charge on any atom is -0.379 e. The van der Waals surface area contributed by atoms with Crippen LogP contribution in [-0.2, 0) is 28.2 Å². The summed E-state index contributed by atoms with van der Waals surface area (Å²) in [6.07, 6.45) is 2.32. The molecule has 1 N–H and O–H groups in total. The van der Waals surface area contributed by atoms with E-state index in [0.29, 0.717) is 32.0 Å². The molecule has 0 unspecified atom stereocenters. The van der Waals surface area contributed by atoms with E-state index in [1.165, 1.54) is 38.8 Å². The molecule has 2 heterocycles. The summed E-state index contributed by atoms with van der Waals surface area (Å²) in [5, 5.41) is 2.91. The Balaban J connectivity index is 1.37. The first-order valence-electron chi connectivity index (χ1n) is 10.2. The second-order valence-electron chi connectivity index (χ2n) is 7.85. The molecule has 1 aliphatic carbocycles. The van der Waals surface area contributed by atoms with Crippen molar-refractivity contribution in [1.29, 1.82) is 0 Å². The third-order valence-electron chi connectivity index (χ3n) is 5.87. The summed E-state index contributed by atoms with van der Waals surface area (Å²) < 4.78 is 34.0. The minimum absolute atomic E-state index is 0.117. The molecule has 31 heavy (non-hydrogen) atoms. The third kappa shape index (κ3) is 3.56. The van der Waals surface area contributed by atoms with Crippen LogP contribution in [0.2, 0.25) is 0 Å². The van der Waals surface area contributed by atoms with Crippen molar-refractivity contribution in [2.24, 2.45) is 7.05 Å². The molecule has 1 amide bonds. The lowest BCUT2D eigenvalue weighted by molar-refractivity contribution is 0.0730. The zero-order chi connectivity index (χ0) is 21.6. The van der Waals surface area contributed by atoms with Crippen molar-refractivity contribution in [2.45, 2.75) is 11.3 Å².